The smallest absolute Gasteiger partial charge is 0.191 e. The molecule has 0 aliphatic carbocycles. The maximum atomic E-state index is 13.8. The van der Waals surface area contributed by atoms with Crippen LogP contribution in [-0.2, 0) is 17.8 Å². The Morgan fingerprint density at radius 1 is 1.31 bits per heavy atom. The second-order valence-corrected chi connectivity index (χ2v) is 7.13. The standard InChI is InChI=1S/C21H35FN4O2.HI/c1-5-26(6-2)11-7-8-16(3)25-21(23-4)24-10-9-17-12-19(22)13-18-14-27-15-28-20(17)18;/h12-13,16H,5-11,14-15H2,1-4H3,(H2,23,24,25);1H. The average Bonchev–Trinajstić information content (AvgIpc) is 2.70. The third kappa shape index (κ3) is 8.64. The second kappa shape index (κ2) is 14.0. The lowest BCUT2D eigenvalue weighted by Gasteiger charge is -2.22. The van der Waals surface area contributed by atoms with Gasteiger partial charge in [0, 0.05) is 25.2 Å². The Labute approximate surface area is 191 Å². The molecule has 6 nitrogen and oxygen atoms in total. The first-order valence-corrected chi connectivity index (χ1v) is 10.3. The van der Waals surface area contributed by atoms with Crippen LogP contribution < -0.4 is 15.4 Å². The van der Waals surface area contributed by atoms with Crippen molar-refractivity contribution < 1.29 is 13.9 Å². The molecular weight excluding hydrogens is 486 g/mol. The number of aliphatic imine (C=N–C) groups is 1. The number of hydrogen-bond acceptors (Lipinski definition) is 4. The summed E-state index contributed by atoms with van der Waals surface area (Å²) >= 11 is 0. The molecule has 8 heteroatoms. The molecule has 1 heterocycles. The lowest BCUT2D eigenvalue weighted by atomic mass is 10.1. The van der Waals surface area contributed by atoms with E-state index in [4.69, 9.17) is 9.47 Å². The summed E-state index contributed by atoms with van der Waals surface area (Å²) in [5.41, 5.74) is 1.62. The van der Waals surface area contributed by atoms with Crippen LogP contribution in [0.4, 0.5) is 4.39 Å². The molecule has 0 aromatic heterocycles. The maximum Gasteiger partial charge on any atom is 0.191 e. The molecular formula is C21H36FIN4O2. The third-order valence-electron chi connectivity index (χ3n) is 5.05. The Hall–Kier alpha value is -1.13. The van der Waals surface area contributed by atoms with Gasteiger partial charge in [0.1, 0.15) is 11.6 Å². The fourth-order valence-corrected chi connectivity index (χ4v) is 3.42. The largest absolute Gasteiger partial charge is 0.467 e. The molecule has 2 rings (SSSR count). The minimum Gasteiger partial charge on any atom is -0.467 e. The topological polar surface area (TPSA) is 58.1 Å². The molecule has 1 aliphatic rings. The van der Waals surface area contributed by atoms with Crippen LogP contribution in [-0.4, -0.2) is 56.9 Å². The number of fused-ring (bicyclic) bond motifs is 1. The number of ether oxygens (including phenoxy) is 2. The normalized spacial score (nSPS) is 14.6. The van der Waals surface area contributed by atoms with Crippen molar-refractivity contribution in [2.45, 2.75) is 52.7 Å². The quantitative estimate of drug-likeness (QED) is 0.280. The van der Waals surface area contributed by atoms with Crippen LogP contribution in [0, 0.1) is 5.82 Å². The van der Waals surface area contributed by atoms with E-state index in [1.165, 1.54) is 12.1 Å². The van der Waals surface area contributed by atoms with E-state index in [2.05, 4.69) is 41.3 Å². The van der Waals surface area contributed by atoms with E-state index in [0.717, 1.165) is 55.3 Å². The Bertz CT molecular complexity index is 641. The molecule has 0 spiro atoms. The highest BCUT2D eigenvalue weighted by Crippen LogP contribution is 2.29. The summed E-state index contributed by atoms with van der Waals surface area (Å²) in [5.74, 6) is 1.26. The Kier molecular flexibility index (Phi) is 12.5. The van der Waals surface area contributed by atoms with Crippen molar-refractivity contribution in [1.82, 2.24) is 15.5 Å². The van der Waals surface area contributed by atoms with Crippen LogP contribution in [0.3, 0.4) is 0 Å². The van der Waals surface area contributed by atoms with Gasteiger partial charge in [-0.25, -0.2) is 4.39 Å². The van der Waals surface area contributed by atoms with Gasteiger partial charge in [-0.05, 0) is 63.5 Å². The van der Waals surface area contributed by atoms with Gasteiger partial charge in [-0.1, -0.05) is 13.8 Å². The SMILES string of the molecule is CCN(CC)CCCC(C)NC(=NC)NCCc1cc(F)cc2c1OCOC2.I. The highest BCUT2D eigenvalue weighted by Gasteiger charge is 2.17. The summed E-state index contributed by atoms with van der Waals surface area (Å²) in [6.07, 6.45) is 2.89. The van der Waals surface area contributed by atoms with E-state index < -0.39 is 0 Å². The van der Waals surface area contributed by atoms with E-state index in [1.54, 1.807) is 7.05 Å². The van der Waals surface area contributed by atoms with Crippen LogP contribution in [0.15, 0.2) is 17.1 Å². The molecule has 1 unspecified atom stereocenters. The number of hydrogen-bond donors (Lipinski definition) is 2. The number of nitrogens with zero attached hydrogens (tertiary/aromatic N) is 2. The molecule has 1 aromatic rings. The first kappa shape index (κ1) is 25.9. The molecule has 0 radical (unpaired) electrons. The van der Waals surface area contributed by atoms with Crippen LogP contribution in [0.5, 0.6) is 5.75 Å². The number of rotatable bonds is 10. The van der Waals surface area contributed by atoms with Crippen molar-refractivity contribution in [1.29, 1.82) is 0 Å². The highest BCUT2D eigenvalue weighted by molar-refractivity contribution is 14.0. The monoisotopic (exact) mass is 522 g/mol. The zero-order valence-electron chi connectivity index (χ0n) is 18.1. The maximum absolute atomic E-state index is 13.8. The fourth-order valence-electron chi connectivity index (χ4n) is 3.42. The molecule has 1 aromatic carbocycles. The van der Waals surface area contributed by atoms with Gasteiger partial charge >= 0.3 is 0 Å². The van der Waals surface area contributed by atoms with Gasteiger partial charge in [0.15, 0.2) is 12.8 Å². The van der Waals surface area contributed by atoms with Gasteiger partial charge in [0.25, 0.3) is 0 Å². The number of guanidine groups is 1. The van der Waals surface area contributed by atoms with Gasteiger partial charge in [-0.2, -0.15) is 0 Å². The highest BCUT2D eigenvalue weighted by atomic mass is 127. The molecule has 1 atom stereocenters. The number of halogens is 2. The van der Waals surface area contributed by atoms with Crippen molar-refractivity contribution in [3.63, 3.8) is 0 Å². The van der Waals surface area contributed by atoms with Crippen LogP contribution >= 0.6 is 24.0 Å². The first-order valence-electron chi connectivity index (χ1n) is 10.3. The van der Waals surface area contributed by atoms with Crippen molar-refractivity contribution >= 4 is 29.9 Å². The van der Waals surface area contributed by atoms with E-state index in [0.29, 0.717) is 25.6 Å². The number of benzene rings is 1. The summed E-state index contributed by atoms with van der Waals surface area (Å²) in [5, 5.41) is 6.75. The van der Waals surface area contributed by atoms with Crippen molar-refractivity contribution in [3.8, 4) is 5.75 Å². The van der Waals surface area contributed by atoms with Gasteiger partial charge in [-0.15, -0.1) is 24.0 Å². The Balaban J connectivity index is 0.00000420. The van der Waals surface area contributed by atoms with Gasteiger partial charge in [0.05, 0.1) is 6.61 Å². The van der Waals surface area contributed by atoms with Crippen molar-refractivity contribution in [2.24, 2.45) is 4.99 Å². The van der Waals surface area contributed by atoms with Crippen molar-refractivity contribution in [2.75, 3.05) is 40.0 Å². The van der Waals surface area contributed by atoms with E-state index >= 15 is 0 Å². The average molecular weight is 522 g/mol. The first-order chi connectivity index (χ1) is 13.6. The van der Waals surface area contributed by atoms with E-state index in [1.807, 2.05) is 0 Å². The lowest BCUT2D eigenvalue weighted by Crippen LogP contribution is -2.43. The Morgan fingerprint density at radius 2 is 2.07 bits per heavy atom. The zero-order chi connectivity index (χ0) is 20.4. The van der Waals surface area contributed by atoms with Crippen LogP contribution in [0.2, 0.25) is 0 Å². The second-order valence-electron chi connectivity index (χ2n) is 7.13. The summed E-state index contributed by atoms with van der Waals surface area (Å²) in [7, 11) is 1.77. The molecule has 2 N–H and O–H groups in total. The molecule has 0 saturated carbocycles. The molecule has 166 valence electrons. The summed E-state index contributed by atoms with van der Waals surface area (Å²) in [6, 6.07) is 3.35. The minimum atomic E-state index is -0.257. The van der Waals surface area contributed by atoms with Crippen LogP contribution in [0.1, 0.15) is 44.7 Å². The van der Waals surface area contributed by atoms with Crippen LogP contribution in [0.25, 0.3) is 0 Å². The minimum absolute atomic E-state index is 0. The van der Waals surface area contributed by atoms with Crippen molar-refractivity contribution in [3.05, 3.63) is 29.1 Å². The fraction of sp³-hybridized carbons (Fsp3) is 0.667. The molecule has 0 bridgehead atoms. The predicted octanol–water partition coefficient (Wildman–Crippen LogP) is 3.53. The van der Waals surface area contributed by atoms with Gasteiger partial charge < -0.3 is 25.0 Å². The molecule has 1 aliphatic heterocycles. The summed E-state index contributed by atoms with van der Waals surface area (Å²) in [4.78, 5) is 6.74. The molecule has 0 saturated heterocycles. The van der Waals surface area contributed by atoms with E-state index in [9.17, 15) is 4.39 Å². The lowest BCUT2D eigenvalue weighted by molar-refractivity contribution is -0.0172. The molecule has 0 amide bonds. The summed E-state index contributed by atoms with van der Waals surface area (Å²) in [6.45, 7) is 11.1. The number of nitrogens with one attached hydrogen (secondary N) is 2. The zero-order valence-corrected chi connectivity index (χ0v) is 20.4. The summed E-state index contributed by atoms with van der Waals surface area (Å²) < 4.78 is 24.6. The molecule has 29 heavy (non-hydrogen) atoms. The Morgan fingerprint density at radius 3 is 2.76 bits per heavy atom. The molecule has 0 fully saturated rings. The predicted molar refractivity (Wildman–Crippen MR) is 127 cm³/mol. The van der Waals surface area contributed by atoms with Gasteiger partial charge in [-0.3, -0.25) is 4.99 Å². The van der Waals surface area contributed by atoms with E-state index in [-0.39, 0.29) is 36.6 Å². The third-order valence-corrected chi connectivity index (χ3v) is 5.05. The van der Waals surface area contributed by atoms with Gasteiger partial charge in [0.2, 0.25) is 0 Å².